The zero-order valence-electron chi connectivity index (χ0n) is 13.2. The van der Waals surface area contributed by atoms with Crippen molar-refractivity contribution in [3.8, 4) is 0 Å². The van der Waals surface area contributed by atoms with E-state index >= 15 is 0 Å². The third-order valence-electron chi connectivity index (χ3n) is 5.23. The molecule has 2 aliphatic heterocycles. The molecule has 0 aromatic heterocycles. The van der Waals surface area contributed by atoms with E-state index in [-0.39, 0.29) is 23.7 Å². The predicted octanol–water partition coefficient (Wildman–Crippen LogP) is 1.73. The summed E-state index contributed by atoms with van der Waals surface area (Å²) >= 11 is 0. The van der Waals surface area contributed by atoms with E-state index < -0.39 is 5.97 Å². The Kier molecular flexibility index (Phi) is 5.25. The van der Waals surface area contributed by atoms with E-state index in [9.17, 15) is 9.59 Å². The summed E-state index contributed by atoms with van der Waals surface area (Å²) in [5.41, 5.74) is -0.326. The topological polar surface area (TPSA) is 69.6 Å². The lowest BCUT2D eigenvalue weighted by Crippen LogP contribution is -2.51. The minimum absolute atomic E-state index is 0.228. The Bertz CT molecular complexity index is 381. The Morgan fingerprint density at radius 1 is 1.24 bits per heavy atom. The summed E-state index contributed by atoms with van der Waals surface area (Å²) in [5.74, 6) is 0.139. The average molecular weight is 296 g/mol. The highest BCUT2D eigenvalue weighted by atomic mass is 16.4. The van der Waals surface area contributed by atoms with Gasteiger partial charge in [-0.3, -0.25) is 9.59 Å². The summed E-state index contributed by atoms with van der Waals surface area (Å²) < 4.78 is 0. The monoisotopic (exact) mass is 296 g/mol. The fourth-order valence-corrected chi connectivity index (χ4v) is 3.64. The number of hydrogen-bond acceptors (Lipinski definition) is 3. The van der Waals surface area contributed by atoms with Crippen LogP contribution in [0.5, 0.6) is 0 Å². The van der Waals surface area contributed by atoms with Crippen molar-refractivity contribution in [1.82, 2.24) is 10.2 Å². The van der Waals surface area contributed by atoms with Crippen LogP contribution in [-0.4, -0.2) is 48.1 Å². The fourth-order valence-electron chi connectivity index (χ4n) is 3.64. The number of nitrogens with zero attached hydrogens (tertiary/aromatic N) is 1. The van der Waals surface area contributed by atoms with Crippen LogP contribution in [0.3, 0.4) is 0 Å². The van der Waals surface area contributed by atoms with Gasteiger partial charge < -0.3 is 15.3 Å². The maximum Gasteiger partial charge on any atom is 0.303 e. The van der Waals surface area contributed by atoms with Crippen LogP contribution in [0.1, 0.15) is 46.0 Å². The van der Waals surface area contributed by atoms with E-state index in [1.165, 1.54) is 0 Å². The summed E-state index contributed by atoms with van der Waals surface area (Å²) in [6.07, 6.45) is 4.12. The minimum Gasteiger partial charge on any atom is -0.481 e. The van der Waals surface area contributed by atoms with Crippen LogP contribution in [-0.2, 0) is 9.59 Å². The number of carbonyl (C=O) groups is 2. The molecule has 2 saturated heterocycles. The minimum atomic E-state index is -0.728. The molecule has 0 aromatic carbocycles. The van der Waals surface area contributed by atoms with Crippen LogP contribution in [0.2, 0.25) is 0 Å². The molecule has 2 rings (SSSR count). The first kappa shape index (κ1) is 16.3. The van der Waals surface area contributed by atoms with Gasteiger partial charge in [0.25, 0.3) is 0 Å². The van der Waals surface area contributed by atoms with Crippen molar-refractivity contribution in [2.24, 2.45) is 17.3 Å². The molecule has 2 fully saturated rings. The molecular formula is C16H28N2O3. The zero-order chi connectivity index (χ0) is 15.5. The van der Waals surface area contributed by atoms with Gasteiger partial charge in [0.1, 0.15) is 0 Å². The van der Waals surface area contributed by atoms with Crippen LogP contribution < -0.4 is 5.32 Å². The van der Waals surface area contributed by atoms with Crippen LogP contribution in [0.4, 0.5) is 0 Å². The number of piperidine rings is 2. The number of rotatable bonds is 4. The highest BCUT2D eigenvalue weighted by Crippen LogP contribution is 2.35. The number of likely N-dealkylation sites (tertiary alicyclic amines) is 1. The second-order valence-electron chi connectivity index (χ2n) is 7.10. The van der Waals surface area contributed by atoms with Gasteiger partial charge in [0.2, 0.25) is 5.91 Å². The molecule has 2 N–H and O–H groups in total. The summed E-state index contributed by atoms with van der Waals surface area (Å²) in [6, 6.07) is 0. The quantitative estimate of drug-likeness (QED) is 0.829. The van der Waals surface area contributed by atoms with Crippen LogP contribution in [0.25, 0.3) is 0 Å². The molecule has 5 nitrogen and oxygen atoms in total. The van der Waals surface area contributed by atoms with Crippen molar-refractivity contribution < 1.29 is 14.7 Å². The van der Waals surface area contributed by atoms with E-state index in [1.807, 2.05) is 4.90 Å². The fraction of sp³-hybridized carbons (Fsp3) is 0.875. The van der Waals surface area contributed by atoms with Gasteiger partial charge in [0.05, 0.1) is 0 Å². The van der Waals surface area contributed by atoms with Gasteiger partial charge in [-0.25, -0.2) is 0 Å². The smallest absolute Gasteiger partial charge is 0.303 e. The van der Waals surface area contributed by atoms with Crippen molar-refractivity contribution in [3.05, 3.63) is 0 Å². The van der Waals surface area contributed by atoms with Crippen LogP contribution in [0.15, 0.2) is 0 Å². The SMILES string of the molecule is CC(C)(C(=O)N1CCC(CC(=O)O)CC1)C1CCCNC1. The maximum atomic E-state index is 12.8. The molecule has 0 saturated carbocycles. The largest absolute Gasteiger partial charge is 0.481 e. The van der Waals surface area contributed by atoms with Crippen molar-refractivity contribution >= 4 is 11.9 Å². The first-order chi connectivity index (χ1) is 9.91. The Morgan fingerprint density at radius 2 is 1.90 bits per heavy atom. The van der Waals surface area contributed by atoms with Gasteiger partial charge in [-0.15, -0.1) is 0 Å². The van der Waals surface area contributed by atoms with E-state index in [2.05, 4.69) is 19.2 Å². The number of hydrogen-bond donors (Lipinski definition) is 2. The van der Waals surface area contributed by atoms with Gasteiger partial charge in [-0.1, -0.05) is 13.8 Å². The van der Waals surface area contributed by atoms with E-state index in [4.69, 9.17) is 5.11 Å². The van der Waals surface area contributed by atoms with Gasteiger partial charge >= 0.3 is 5.97 Å². The first-order valence-corrected chi connectivity index (χ1v) is 8.13. The van der Waals surface area contributed by atoms with Crippen molar-refractivity contribution in [1.29, 1.82) is 0 Å². The zero-order valence-corrected chi connectivity index (χ0v) is 13.2. The molecule has 120 valence electrons. The summed E-state index contributed by atoms with van der Waals surface area (Å²) in [5, 5.41) is 12.2. The number of carbonyl (C=O) groups excluding carboxylic acids is 1. The molecule has 0 radical (unpaired) electrons. The molecule has 2 aliphatic rings. The number of aliphatic carboxylic acids is 1. The maximum absolute atomic E-state index is 12.8. The van der Waals surface area contributed by atoms with Crippen molar-refractivity contribution in [3.63, 3.8) is 0 Å². The molecule has 2 heterocycles. The Morgan fingerprint density at radius 3 is 2.43 bits per heavy atom. The molecular weight excluding hydrogens is 268 g/mol. The molecule has 1 amide bonds. The second-order valence-corrected chi connectivity index (χ2v) is 7.10. The van der Waals surface area contributed by atoms with E-state index in [0.29, 0.717) is 19.0 Å². The van der Waals surface area contributed by atoms with Gasteiger partial charge in [0.15, 0.2) is 0 Å². The number of carboxylic acid groups (broad SMARTS) is 1. The third-order valence-corrected chi connectivity index (χ3v) is 5.23. The molecule has 21 heavy (non-hydrogen) atoms. The summed E-state index contributed by atoms with van der Waals surface area (Å²) in [7, 11) is 0. The lowest BCUT2D eigenvalue weighted by atomic mass is 9.73. The Balaban J connectivity index is 1.89. The third kappa shape index (κ3) is 3.96. The number of amides is 1. The number of carboxylic acids is 1. The average Bonchev–Trinajstić information content (AvgIpc) is 2.47. The van der Waals surface area contributed by atoms with E-state index in [1.54, 1.807) is 0 Å². The molecule has 0 aromatic rings. The Hall–Kier alpha value is -1.10. The van der Waals surface area contributed by atoms with Crippen molar-refractivity contribution in [2.75, 3.05) is 26.2 Å². The Labute approximate surface area is 127 Å². The van der Waals surface area contributed by atoms with Crippen LogP contribution in [0, 0.1) is 17.3 Å². The molecule has 1 atom stereocenters. The number of nitrogens with one attached hydrogen (secondary N) is 1. The first-order valence-electron chi connectivity index (χ1n) is 8.13. The molecule has 1 unspecified atom stereocenters. The highest BCUT2D eigenvalue weighted by Gasteiger charge is 2.40. The van der Waals surface area contributed by atoms with Gasteiger partial charge in [-0.05, 0) is 50.6 Å². The molecule has 5 heteroatoms. The molecule has 0 bridgehead atoms. The molecule has 0 aliphatic carbocycles. The lowest BCUT2D eigenvalue weighted by Gasteiger charge is -2.41. The highest BCUT2D eigenvalue weighted by molar-refractivity contribution is 5.82. The predicted molar refractivity (Wildman–Crippen MR) is 80.9 cm³/mol. The molecule has 0 spiro atoms. The van der Waals surface area contributed by atoms with Crippen LogP contribution >= 0.6 is 0 Å². The van der Waals surface area contributed by atoms with E-state index in [0.717, 1.165) is 38.8 Å². The van der Waals surface area contributed by atoms with Gasteiger partial charge in [0, 0.05) is 24.9 Å². The standard InChI is InChI=1S/C16H28N2O3/c1-16(2,13-4-3-7-17-11-13)15(21)18-8-5-12(6-9-18)10-14(19)20/h12-13,17H,3-11H2,1-2H3,(H,19,20). The summed E-state index contributed by atoms with van der Waals surface area (Å²) in [4.78, 5) is 25.5. The normalized spacial score (nSPS) is 24.9. The van der Waals surface area contributed by atoms with Crippen molar-refractivity contribution in [2.45, 2.75) is 46.0 Å². The second kappa shape index (κ2) is 6.77. The lowest BCUT2D eigenvalue weighted by molar-refractivity contribution is -0.145. The van der Waals surface area contributed by atoms with Gasteiger partial charge in [-0.2, -0.15) is 0 Å². The summed E-state index contributed by atoms with van der Waals surface area (Å²) in [6.45, 7) is 7.53.